The van der Waals surface area contributed by atoms with Crippen molar-refractivity contribution in [2.24, 2.45) is 5.92 Å². The lowest BCUT2D eigenvalue weighted by Gasteiger charge is -2.35. The van der Waals surface area contributed by atoms with Crippen LogP contribution < -0.4 is 0 Å². The highest BCUT2D eigenvalue weighted by Gasteiger charge is 2.32. The van der Waals surface area contributed by atoms with E-state index in [1.807, 2.05) is 0 Å². The first-order chi connectivity index (χ1) is 8.86. The van der Waals surface area contributed by atoms with Gasteiger partial charge in [0, 0.05) is 18.4 Å². The third-order valence-electron chi connectivity index (χ3n) is 4.51. The van der Waals surface area contributed by atoms with Crippen LogP contribution in [0, 0.1) is 5.92 Å². The summed E-state index contributed by atoms with van der Waals surface area (Å²) in [7, 11) is 0. The van der Waals surface area contributed by atoms with Crippen LogP contribution in [0.4, 0.5) is 0 Å². The highest BCUT2D eigenvalue weighted by molar-refractivity contribution is 5.33. The van der Waals surface area contributed by atoms with Crippen LogP contribution >= 0.6 is 0 Å². The summed E-state index contributed by atoms with van der Waals surface area (Å²) < 4.78 is 5.52. The molecule has 1 aromatic carbocycles. The average molecular weight is 246 g/mol. The van der Waals surface area contributed by atoms with Crippen LogP contribution in [0.1, 0.15) is 42.7 Å². The largest absolute Gasteiger partial charge is 0.392 e. The molecule has 3 unspecified atom stereocenters. The molecule has 3 rings (SSSR count). The van der Waals surface area contributed by atoms with Crippen LogP contribution in [-0.4, -0.2) is 24.4 Å². The van der Waals surface area contributed by atoms with Gasteiger partial charge in [-0.2, -0.15) is 0 Å². The van der Waals surface area contributed by atoms with E-state index in [1.54, 1.807) is 0 Å². The molecule has 98 valence electrons. The van der Waals surface area contributed by atoms with Crippen molar-refractivity contribution in [1.82, 2.24) is 0 Å². The lowest BCUT2D eigenvalue weighted by atomic mass is 9.75. The van der Waals surface area contributed by atoms with Gasteiger partial charge in [-0.25, -0.2) is 0 Å². The maximum Gasteiger partial charge on any atom is 0.0658 e. The summed E-state index contributed by atoms with van der Waals surface area (Å²) in [5.41, 5.74) is 2.81. The van der Waals surface area contributed by atoms with E-state index >= 15 is 0 Å². The molecule has 18 heavy (non-hydrogen) atoms. The summed E-state index contributed by atoms with van der Waals surface area (Å²) in [6.07, 6.45) is 5.46. The molecule has 1 aliphatic carbocycles. The van der Waals surface area contributed by atoms with Gasteiger partial charge in [0.25, 0.3) is 0 Å². The van der Waals surface area contributed by atoms with E-state index in [0.717, 1.165) is 32.5 Å². The Morgan fingerprint density at radius 2 is 2.06 bits per heavy atom. The van der Waals surface area contributed by atoms with Crippen molar-refractivity contribution in [2.45, 2.75) is 44.1 Å². The molecule has 1 heterocycles. The maximum atomic E-state index is 10.7. The number of fused-ring (bicyclic) bond motifs is 1. The van der Waals surface area contributed by atoms with Crippen molar-refractivity contribution in [2.75, 3.05) is 13.2 Å². The number of rotatable bonds is 2. The zero-order valence-corrected chi connectivity index (χ0v) is 10.8. The molecule has 0 spiro atoms. The molecule has 2 heteroatoms. The Balaban J connectivity index is 1.80. The number of aryl methyl sites for hydroxylation is 1. The van der Waals surface area contributed by atoms with Gasteiger partial charge < -0.3 is 9.84 Å². The van der Waals surface area contributed by atoms with Gasteiger partial charge in [-0.1, -0.05) is 24.3 Å². The molecule has 1 saturated heterocycles. The molecule has 1 aromatic rings. The molecule has 3 atom stereocenters. The maximum absolute atomic E-state index is 10.7. The standard InChI is InChI=1S/C16H22O2/c17-16(13-7-4-10-18-11-13)15-9-3-6-12-5-1-2-8-14(12)15/h1-2,5,8,13,15-17H,3-4,6-7,9-11H2. The fourth-order valence-corrected chi connectivity index (χ4v) is 3.51. The second-order valence-corrected chi connectivity index (χ2v) is 5.67. The Kier molecular flexibility index (Phi) is 3.67. The zero-order chi connectivity index (χ0) is 12.4. The molecule has 0 radical (unpaired) electrons. The highest BCUT2D eigenvalue weighted by Crippen LogP contribution is 2.37. The normalized spacial score (nSPS) is 29.6. The molecule has 0 saturated carbocycles. The topological polar surface area (TPSA) is 29.5 Å². The Bertz CT molecular complexity index is 396. The molecule has 0 bridgehead atoms. The van der Waals surface area contributed by atoms with Gasteiger partial charge in [-0.05, 0) is 43.2 Å². The van der Waals surface area contributed by atoms with Gasteiger partial charge in [-0.15, -0.1) is 0 Å². The summed E-state index contributed by atoms with van der Waals surface area (Å²) in [6.45, 7) is 1.60. The molecular formula is C16H22O2. The molecule has 1 fully saturated rings. The van der Waals surface area contributed by atoms with E-state index in [1.165, 1.54) is 24.0 Å². The number of aliphatic hydroxyl groups is 1. The first-order valence-electron chi connectivity index (χ1n) is 7.20. The third kappa shape index (κ3) is 2.32. The smallest absolute Gasteiger partial charge is 0.0658 e. The predicted octanol–water partition coefficient (Wildman–Crippen LogP) is 2.89. The molecule has 2 nitrogen and oxygen atoms in total. The summed E-state index contributed by atoms with van der Waals surface area (Å²) in [5.74, 6) is 0.650. The minimum absolute atomic E-state index is 0.230. The van der Waals surface area contributed by atoms with Crippen molar-refractivity contribution < 1.29 is 9.84 Å². The fraction of sp³-hybridized carbons (Fsp3) is 0.625. The van der Waals surface area contributed by atoms with Crippen molar-refractivity contribution >= 4 is 0 Å². The number of hydrogen-bond acceptors (Lipinski definition) is 2. The SMILES string of the molecule is OC(C1CCCOC1)C1CCCc2ccccc21. The minimum atomic E-state index is -0.230. The molecular weight excluding hydrogens is 224 g/mol. The van der Waals surface area contributed by atoms with Gasteiger partial charge >= 0.3 is 0 Å². The van der Waals surface area contributed by atoms with E-state index in [2.05, 4.69) is 24.3 Å². The van der Waals surface area contributed by atoms with Crippen LogP contribution in [0.2, 0.25) is 0 Å². The van der Waals surface area contributed by atoms with Crippen LogP contribution in [0.15, 0.2) is 24.3 Å². The lowest BCUT2D eigenvalue weighted by Crippen LogP contribution is -2.35. The van der Waals surface area contributed by atoms with Gasteiger partial charge in [0.15, 0.2) is 0 Å². The number of benzene rings is 1. The van der Waals surface area contributed by atoms with Crippen LogP contribution in [0.5, 0.6) is 0 Å². The number of aliphatic hydroxyl groups excluding tert-OH is 1. The van der Waals surface area contributed by atoms with Crippen LogP contribution in [0.3, 0.4) is 0 Å². The van der Waals surface area contributed by atoms with E-state index in [0.29, 0.717) is 11.8 Å². The van der Waals surface area contributed by atoms with Crippen molar-refractivity contribution in [3.05, 3.63) is 35.4 Å². The number of ether oxygens (including phenoxy) is 1. The van der Waals surface area contributed by atoms with E-state index in [9.17, 15) is 5.11 Å². The predicted molar refractivity (Wildman–Crippen MR) is 71.7 cm³/mol. The van der Waals surface area contributed by atoms with E-state index in [4.69, 9.17) is 4.74 Å². The molecule has 2 aliphatic rings. The Morgan fingerprint density at radius 1 is 1.17 bits per heavy atom. The Morgan fingerprint density at radius 3 is 2.89 bits per heavy atom. The zero-order valence-electron chi connectivity index (χ0n) is 10.8. The summed E-state index contributed by atoms with van der Waals surface area (Å²) in [4.78, 5) is 0. The van der Waals surface area contributed by atoms with E-state index < -0.39 is 0 Å². The van der Waals surface area contributed by atoms with Crippen LogP contribution in [0.25, 0.3) is 0 Å². The van der Waals surface area contributed by atoms with Gasteiger partial charge in [0.2, 0.25) is 0 Å². The minimum Gasteiger partial charge on any atom is -0.392 e. The summed E-state index contributed by atoms with van der Waals surface area (Å²) in [6, 6.07) is 8.62. The molecule has 0 amide bonds. The van der Waals surface area contributed by atoms with Crippen molar-refractivity contribution in [3.63, 3.8) is 0 Å². The molecule has 0 aromatic heterocycles. The second kappa shape index (κ2) is 5.41. The van der Waals surface area contributed by atoms with Crippen molar-refractivity contribution in [1.29, 1.82) is 0 Å². The Labute approximate surface area is 109 Å². The van der Waals surface area contributed by atoms with Gasteiger partial charge in [-0.3, -0.25) is 0 Å². The summed E-state index contributed by atoms with van der Waals surface area (Å²) >= 11 is 0. The molecule has 1 N–H and O–H groups in total. The molecule has 1 aliphatic heterocycles. The average Bonchev–Trinajstić information content (AvgIpc) is 2.47. The monoisotopic (exact) mass is 246 g/mol. The third-order valence-corrected chi connectivity index (χ3v) is 4.51. The lowest BCUT2D eigenvalue weighted by molar-refractivity contribution is -0.0216. The van der Waals surface area contributed by atoms with Gasteiger partial charge in [0.05, 0.1) is 12.7 Å². The first-order valence-corrected chi connectivity index (χ1v) is 7.20. The fourth-order valence-electron chi connectivity index (χ4n) is 3.51. The Hall–Kier alpha value is -0.860. The first kappa shape index (κ1) is 12.2. The quantitative estimate of drug-likeness (QED) is 0.869. The van der Waals surface area contributed by atoms with Gasteiger partial charge in [0.1, 0.15) is 0 Å². The highest BCUT2D eigenvalue weighted by atomic mass is 16.5. The second-order valence-electron chi connectivity index (χ2n) is 5.67. The van der Waals surface area contributed by atoms with Crippen LogP contribution in [-0.2, 0) is 11.2 Å². The van der Waals surface area contributed by atoms with Crippen molar-refractivity contribution in [3.8, 4) is 0 Å². The van der Waals surface area contributed by atoms with E-state index in [-0.39, 0.29) is 6.10 Å². The summed E-state index contributed by atoms with van der Waals surface area (Å²) in [5, 5.41) is 10.7. The number of hydrogen-bond donors (Lipinski definition) is 1.